The minimum atomic E-state index is 0.884. The second-order valence-electron chi connectivity index (χ2n) is 7.32. The van der Waals surface area contributed by atoms with Gasteiger partial charge in [-0.2, -0.15) is 0 Å². The van der Waals surface area contributed by atoms with Crippen molar-refractivity contribution >= 4 is 0 Å². The molecule has 0 bridgehead atoms. The molecule has 1 unspecified atom stereocenters. The quantitative estimate of drug-likeness (QED) is 0.237. The minimum absolute atomic E-state index is 0.884. The summed E-state index contributed by atoms with van der Waals surface area (Å²) in [6.45, 7) is 9.34. The Morgan fingerprint density at radius 3 is 1.41 bits per heavy atom. The van der Waals surface area contributed by atoms with Gasteiger partial charge < -0.3 is 0 Å². The molecule has 22 heavy (non-hydrogen) atoms. The molecule has 0 aromatic heterocycles. The molecule has 0 nitrogen and oxygen atoms in total. The molecule has 1 radical (unpaired) electrons. The Balaban J connectivity index is 4.01. The van der Waals surface area contributed by atoms with E-state index < -0.39 is 0 Å². The van der Waals surface area contributed by atoms with Crippen LogP contribution in [-0.2, 0) is 0 Å². The van der Waals surface area contributed by atoms with Gasteiger partial charge in [-0.25, -0.2) is 0 Å². The van der Waals surface area contributed by atoms with Crippen molar-refractivity contribution in [2.75, 3.05) is 0 Å². The molecule has 1 atom stereocenters. The van der Waals surface area contributed by atoms with Gasteiger partial charge in [0.05, 0.1) is 0 Å². The number of hydrogen-bond acceptors (Lipinski definition) is 0. The van der Waals surface area contributed by atoms with E-state index in [1.807, 2.05) is 0 Å². The summed E-state index contributed by atoms with van der Waals surface area (Å²) in [5.41, 5.74) is 0. The normalized spacial score (nSPS) is 13.0. The molecular weight excluding hydrogens is 264 g/mol. The number of hydrogen-bond donors (Lipinski definition) is 0. The monoisotopic (exact) mass is 309 g/mol. The molecule has 0 rings (SSSR count). The first kappa shape index (κ1) is 22.0. The Morgan fingerprint density at radius 2 is 0.909 bits per heavy atom. The van der Waals surface area contributed by atoms with Crippen LogP contribution in [0.25, 0.3) is 0 Å². The van der Waals surface area contributed by atoms with Crippen molar-refractivity contribution in [1.29, 1.82) is 0 Å². The average molecular weight is 310 g/mol. The zero-order chi connectivity index (χ0) is 16.5. The Bertz CT molecular complexity index is 186. The molecule has 0 amide bonds. The first-order valence-corrected chi connectivity index (χ1v) is 10.6. The van der Waals surface area contributed by atoms with E-state index in [-0.39, 0.29) is 0 Å². The summed E-state index contributed by atoms with van der Waals surface area (Å²) >= 11 is 0. The lowest BCUT2D eigenvalue weighted by Gasteiger charge is -2.23. The highest BCUT2D eigenvalue weighted by atomic mass is 14.2. The molecule has 0 heteroatoms. The molecule has 0 N–H and O–H groups in total. The van der Waals surface area contributed by atoms with Crippen LogP contribution in [0.15, 0.2) is 0 Å². The average Bonchev–Trinajstić information content (AvgIpc) is 2.53. The first-order chi connectivity index (χ1) is 10.8. The molecule has 0 heterocycles. The maximum atomic E-state index is 2.77. The van der Waals surface area contributed by atoms with Crippen molar-refractivity contribution in [3.05, 3.63) is 6.42 Å². The van der Waals surface area contributed by atoms with Gasteiger partial charge in [-0.3, -0.25) is 0 Å². The van der Waals surface area contributed by atoms with Gasteiger partial charge in [-0.15, -0.1) is 0 Å². The Hall–Kier alpha value is 0. The molecule has 133 valence electrons. The van der Waals surface area contributed by atoms with Gasteiger partial charge in [0.25, 0.3) is 0 Å². The van der Waals surface area contributed by atoms with Crippen LogP contribution in [0.3, 0.4) is 0 Å². The van der Waals surface area contributed by atoms with Crippen LogP contribution in [-0.4, -0.2) is 0 Å². The number of rotatable bonds is 17. The highest BCUT2D eigenvalue weighted by molar-refractivity contribution is 4.83. The van der Waals surface area contributed by atoms with Crippen molar-refractivity contribution < 1.29 is 0 Å². The van der Waals surface area contributed by atoms with E-state index in [9.17, 15) is 0 Å². The van der Waals surface area contributed by atoms with Gasteiger partial charge in [-0.05, 0) is 18.3 Å². The van der Waals surface area contributed by atoms with Crippen LogP contribution in [0, 0.1) is 18.3 Å². The summed E-state index contributed by atoms with van der Waals surface area (Å²) in [7, 11) is 0. The van der Waals surface area contributed by atoms with Crippen molar-refractivity contribution in [3.63, 3.8) is 0 Å². The Labute approximate surface area is 142 Å². The van der Waals surface area contributed by atoms with E-state index in [0.29, 0.717) is 0 Å². The molecule has 0 aliphatic rings. The van der Waals surface area contributed by atoms with Gasteiger partial charge >= 0.3 is 0 Å². The molecule has 0 saturated carbocycles. The third kappa shape index (κ3) is 13.6. The zero-order valence-electron chi connectivity index (χ0n) is 16.3. The van der Waals surface area contributed by atoms with Crippen molar-refractivity contribution in [2.24, 2.45) is 11.8 Å². The van der Waals surface area contributed by atoms with E-state index in [1.54, 1.807) is 0 Å². The van der Waals surface area contributed by atoms with E-state index in [0.717, 1.165) is 11.8 Å². The van der Waals surface area contributed by atoms with E-state index in [2.05, 4.69) is 34.1 Å². The smallest absolute Gasteiger partial charge is 0.0324 e. The maximum absolute atomic E-state index is 2.77. The lowest BCUT2D eigenvalue weighted by Crippen LogP contribution is -2.10. The molecule has 0 spiro atoms. The van der Waals surface area contributed by atoms with Gasteiger partial charge in [0.2, 0.25) is 0 Å². The van der Waals surface area contributed by atoms with Gasteiger partial charge in [0, 0.05) is 0 Å². The second-order valence-corrected chi connectivity index (χ2v) is 7.32. The lowest BCUT2D eigenvalue weighted by atomic mass is 9.83. The highest BCUT2D eigenvalue weighted by Gasteiger charge is 2.15. The van der Waals surface area contributed by atoms with Crippen molar-refractivity contribution in [3.8, 4) is 0 Å². The summed E-state index contributed by atoms with van der Waals surface area (Å²) in [5, 5.41) is 0. The van der Waals surface area contributed by atoms with Crippen LogP contribution in [0.1, 0.15) is 124 Å². The van der Waals surface area contributed by atoms with Crippen LogP contribution < -0.4 is 0 Å². The summed E-state index contributed by atoms with van der Waals surface area (Å²) in [6, 6.07) is 0. The van der Waals surface area contributed by atoms with Crippen molar-refractivity contribution in [2.45, 2.75) is 124 Å². The Morgan fingerprint density at radius 1 is 0.500 bits per heavy atom. The summed E-state index contributed by atoms with van der Waals surface area (Å²) in [6.07, 6.45) is 24.0. The van der Waals surface area contributed by atoms with Crippen LogP contribution in [0.5, 0.6) is 0 Å². The van der Waals surface area contributed by atoms with Crippen LogP contribution in [0.2, 0.25) is 0 Å². The largest absolute Gasteiger partial charge is 0.0654 e. The summed E-state index contributed by atoms with van der Waals surface area (Å²) in [4.78, 5) is 0. The van der Waals surface area contributed by atoms with Crippen LogP contribution >= 0.6 is 0 Å². The summed E-state index contributed by atoms with van der Waals surface area (Å²) < 4.78 is 0. The molecule has 0 aliphatic carbocycles. The molecule has 0 aliphatic heterocycles. The first-order valence-electron chi connectivity index (χ1n) is 10.6. The van der Waals surface area contributed by atoms with E-state index in [1.165, 1.54) is 96.3 Å². The molecule has 0 aromatic carbocycles. The SMILES string of the molecule is CCCCCCCC([CH]C(CCCCC)CCCCC)CC. The predicted octanol–water partition coefficient (Wildman–Crippen LogP) is 8.35. The fraction of sp³-hybridized carbons (Fsp3) is 0.955. The van der Waals surface area contributed by atoms with Gasteiger partial charge in [0.1, 0.15) is 0 Å². The zero-order valence-corrected chi connectivity index (χ0v) is 16.3. The lowest BCUT2D eigenvalue weighted by molar-refractivity contribution is 0.382. The standard InChI is InChI=1S/C22H45/c1-5-9-12-13-16-17-21(8-4)20-22(18-14-10-6-2)19-15-11-7-3/h20-22H,5-19H2,1-4H3. The summed E-state index contributed by atoms with van der Waals surface area (Å²) in [5.74, 6) is 1.79. The molecule has 0 aromatic rings. The fourth-order valence-corrected chi connectivity index (χ4v) is 3.48. The Kier molecular flexibility index (Phi) is 17.4. The predicted molar refractivity (Wildman–Crippen MR) is 103 cm³/mol. The fourth-order valence-electron chi connectivity index (χ4n) is 3.48. The van der Waals surface area contributed by atoms with E-state index in [4.69, 9.17) is 0 Å². The van der Waals surface area contributed by atoms with Gasteiger partial charge in [-0.1, -0.05) is 124 Å². The topological polar surface area (TPSA) is 0 Å². The van der Waals surface area contributed by atoms with E-state index >= 15 is 0 Å². The third-order valence-corrected chi connectivity index (χ3v) is 5.10. The highest BCUT2D eigenvalue weighted by Crippen LogP contribution is 2.28. The van der Waals surface area contributed by atoms with Crippen molar-refractivity contribution in [1.82, 2.24) is 0 Å². The third-order valence-electron chi connectivity index (χ3n) is 5.10. The minimum Gasteiger partial charge on any atom is -0.0654 e. The second kappa shape index (κ2) is 17.4. The van der Waals surface area contributed by atoms with Gasteiger partial charge in [0.15, 0.2) is 0 Å². The maximum Gasteiger partial charge on any atom is -0.0324 e. The molecule has 0 saturated heterocycles. The number of unbranched alkanes of at least 4 members (excludes halogenated alkanes) is 8. The molecule has 0 fully saturated rings. The molecular formula is C22H45. The van der Waals surface area contributed by atoms with Crippen LogP contribution in [0.4, 0.5) is 0 Å².